The lowest BCUT2D eigenvalue weighted by atomic mass is 9.80. The number of hydrogen-bond donors (Lipinski definition) is 1. The third kappa shape index (κ3) is 4.72. The molecule has 0 radical (unpaired) electrons. The van der Waals surface area contributed by atoms with Crippen LogP contribution < -0.4 is 4.74 Å². The quantitative estimate of drug-likeness (QED) is 0.793. The number of benzene rings is 2. The Morgan fingerprint density at radius 2 is 1.82 bits per heavy atom. The van der Waals surface area contributed by atoms with Crippen molar-refractivity contribution in [2.45, 2.75) is 19.8 Å². The summed E-state index contributed by atoms with van der Waals surface area (Å²) in [6.45, 7) is 4.43. The molecule has 5 nitrogen and oxygen atoms in total. The highest BCUT2D eigenvalue weighted by Crippen LogP contribution is 2.31. The van der Waals surface area contributed by atoms with Gasteiger partial charge in [-0.05, 0) is 55.2 Å². The summed E-state index contributed by atoms with van der Waals surface area (Å²) in [6.07, 6.45) is 1.54. The SMILES string of the molecule is CCOc1cccc(-c2cccc(C(=O)N(C)CC3(CO)CCOCC3)c2)c1. The van der Waals surface area contributed by atoms with Gasteiger partial charge in [-0.25, -0.2) is 0 Å². The normalized spacial score (nSPS) is 15.8. The van der Waals surface area contributed by atoms with Crippen molar-refractivity contribution in [2.75, 3.05) is 40.0 Å². The lowest BCUT2D eigenvalue weighted by Crippen LogP contribution is -2.44. The Kier molecular flexibility index (Phi) is 6.70. The first-order valence-corrected chi connectivity index (χ1v) is 9.84. The number of rotatable bonds is 7. The summed E-state index contributed by atoms with van der Waals surface area (Å²) in [4.78, 5) is 14.7. The standard InChI is InChI=1S/C23H29NO4/c1-3-28-21-9-5-7-19(15-21)18-6-4-8-20(14-18)22(26)24(2)16-23(17-25)10-12-27-13-11-23/h4-9,14-15,25H,3,10-13,16-17H2,1-2H3. The van der Waals surface area contributed by atoms with Crippen LogP contribution in [0.2, 0.25) is 0 Å². The molecule has 0 bridgehead atoms. The fourth-order valence-corrected chi connectivity index (χ4v) is 3.73. The van der Waals surface area contributed by atoms with Crippen LogP contribution in [0.3, 0.4) is 0 Å². The van der Waals surface area contributed by atoms with Crippen LogP contribution in [0.5, 0.6) is 5.75 Å². The second-order valence-corrected chi connectivity index (χ2v) is 7.47. The van der Waals surface area contributed by atoms with Crippen LogP contribution in [0.25, 0.3) is 11.1 Å². The molecule has 0 atom stereocenters. The van der Waals surface area contributed by atoms with E-state index >= 15 is 0 Å². The van der Waals surface area contributed by atoms with Gasteiger partial charge in [0.15, 0.2) is 0 Å². The number of amides is 1. The lowest BCUT2D eigenvalue weighted by Gasteiger charge is -2.38. The molecule has 150 valence electrons. The third-order valence-electron chi connectivity index (χ3n) is 5.40. The minimum Gasteiger partial charge on any atom is -0.494 e. The van der Waals surface area contributed by atoms with Crippen molar-refractivity contribution in [1.29, 1.82) is 0 Å². The first-order valence-electron chi connectivity index (χ1n) is 9.84. The molecule has 1 heterocycles. The molecule has 3 rings (SSSR count). The summed E-state index contributed by atoms with van der Waals surface area (Å²) in [7, 11) is 1.80. The topological polar surface area (TPSA) is 59.0 Å². The van der Waals surface area contributed by atoms with E-state index in [-0.39, 0.29) is 17.9 Å². The van der Waals surface area contributed by atoms with Gasteiger partial charge >= 0.3 is 0 Å². The van der Waals surface area contributed by atoms with E-state index in [9.17, 15) is 9.90 Å². The highest BCUT2D eigenvalue weighted by Gasteiger charge is 2.34. The van der Waals surface area contributed by atoms with Crippen molar-refractivity contribution in [1.82, 2.24) is 4.90 Å². The number of carbonyl (C=O) groups excluding carboxylic acids is 1. The van der Waals surface area contributed by atoms with Crippen LogP contribution in [0, 0.1) is 5.41 Å². The van der Waals surface area contributed by atoms with E-state index in [0.29, 0.717) is 31.9 Å². The van der Waals surface area contributed by atoms with Crippen molar-refractivity contribution in [3.63, 3.8) is 0 Å². The zero-order valence-corrected chi connectivity index (χ0v) is 16.7. The zero-order chi connectivity index (χ0) is 20.0. The number of nitrogens with zero attached hydrogens (tertiary/aromatic N) is 1. The summed E-state index contributed by atoms with van der Waals surface area (Å²) in [5, 5.41) is 9.90. The Balaban J connectivity index is 1.77. The molecule has 0 unspecified atom stereocenters. The number of aliphatic hydroxyl groups excluding tert-OH is 1. The molecule has 1 saturated heterocycles. The predicted molar refractivity (Wildman–Crippen MR) is 110 cm³/mol. The molecule has 0 spiro atoms. The second kappa shape index (κ2) is 9.22. The lowest BCUT2D eigenvalue weighted by molar-refractivity contribution is -0.0282. The minimum absolute atomic E-state index is 0.0397. The van der Waals surface area contributed by atoms with E-state index in [2.05, 4.69) is 0 Å². The predicted octanol–water partition coefficient (Wildman–Crippen LogP) is 3.61. The average molecular weight is 383 g/mol. The largest absolute Gasteiger partial charge is 0.494 e. The Bertz CT molecular complexity index is 799. The Labute approximate surface area is 166 Å². The Morgan fingerprint density at radius 3 is 2.50 bits per heavy atom. The van der Waals surface area contributed by atoms with E-state index in [4.69, 9.17) is 9.47 Å². The van der Waals surface area contributed by atoms with Crippen LogP contribution in [-0.2, 0) is 4.74 Å². The molecular weight excluding hydrogens is 354 g/mol. The number of aliphatic hydroxyl groups is 1. The number of ether oxygens (including phenoxy) is 2. The summed E-state index contributed by atoms with van der Waals surface area (Å²) < 4.78 is 11.0. The van der Waals surface area contributed by atoms with Crippen LogP contribution in [-0.4, -0.2) is 55.9 Å². The molecule has 1 aliphatic heterocycles. The average Bonchev–Trinajstić information content (AvgIpc) is 2.74. The molecule has 28 heavy (non-hydrogen) atoms. The van der Waals surface area contributed by atoms with Crippen molar-refractivity contribution < 1.29 is 19.4 Å². The van der Waals surface area contributed by atoms with Gasteiger partial charge in [0, 0.05) is 37.8 Å². The fraction of sp³-hybridized carbons (Fsp3) is 0.435. The summed E-state index contributed by atoms with van der Waals surface area (Å²) in [6, 6.07) is 15.5. The number of carbonyl (C=O) groups is 1. The first kappa shape index (κ1) is 20.4. The van der Waals surface area contributed by atoms with E-state index in [0.717, 1.165) is 29.7 Å². The van der Waals surface area contributed by atoms with Crippen molar-refractivity contribution >= 4 is 5.91 Å². The molecule has 5 heteroatoms. The van der Waals surface area contributed by atoms with E-state index in [1.807, 2.05) is 55.5 Å². The van der Waals surface area contributed by atoms with Crippen molar-refractivity contribution in [3.8, 4) is 16.9 Å². The Hall–Kier alpha value is -2.37. The zero-order valence-electron chi connectivity index (χ0n) is 16.7. The van der Waals surface area contributed by atoms with Gasteiger partial charge in [0.1, 0.15) is 5.75 Å². The highest BCUT2D eigenvalue weighted by atomic mass is 16.5. The van der Waals surface area contributed by atoms with Crippen LogP contribution in [0.15, 0.2) is 48.5 Å². The monoisotopic (exact) mass is 383 g/mol. The third-order valence-corrected chi connectivity index (χ3v) is 5.40. The van der Waals surface area contributed by atoms with Gasteiger partial charge in [-0.15, -0.1) is 0 Å². The van der Waals surface area contributed by atoms with Gasteiger partial charge in [0.2, 0.25) is 0 Å². The number of hydrogen-bond acceptors (Lipinski definition) is 4. The molecule has 1 N–H and O–H groups in total. The maximum atomic E-state index is 13.0. The fourth-order valence-electron chi connectivity index (χ4n) is 3.73. The smallest absolute Gasteiger partial charge is 0.253 e. The maximum absolute atomic E-state index is 13.0. The molecule has 2 aromatic rings. The van der Waals surface area contributed by atoms with Crippen LogP contribution >= 0.6 is 0 Å². The highest BCUT2D eigenvalue weighted by molar-refractivity contribution is 5.95. The van der Waals surface area contributed by atoms with Crippen LogP contribution in [0.4, 0.5) is 0 Å². The van der Waals surface area contributed by atoms with E-state index < -0.39 is 0 Å². The molecule has 1 aliphatic rings. The Morgan fingerprint density at radius 1 is 1.14 bits per heavy atom. The van der Waals surface area contributed by atoms with Gasteiger partial charge in [0.05, 0.1) is 13.2 Å². The summed E-state index contributed by atoms with van der Waals surface area (Å²) in [5.74, 6) is 0.778. The van der Waals surface area contributed by atoms with Gasteiger partial charge in [0.25, 0.3) is 5.91 Å². The summed E-state index contributed by atoms with van der Waals surface area (Å²) >= 11 is 0. The van der Waals surface area contributed by atoms with E-state index in [1.54, 1.807) is 11.9 Å². The first-order chi connectivity index (χ1) is 13.6. The molecule has 2 aromatic carbocycles. The van der Waals surface area contributed by atoms with Gasteiger partial charge < -0.3 is 19.5 Å². The molecule has 0 saturated carbocycles. The van der Waals surface area contributed by atoms with E-state index in [1.165, 1.54) is 0 Å². The van der Waals surface area contributed by atoms with Gasteiger partial charge in [-0.2, -0.15) is 0 Å². The van der Waals surface area contributed by atoms with Crippen molar-refractivity contribution in [3.05, 3.63) is 54.1 Å². The molecule has 0 aliphatic carbocycles. The van der Waals surface area contributed by atoms with Gasteiger partial charge in [-0.1, -0.05) is 24.3 Å². The second-order valence-electron chi connectivity index (χ2n) is 7.47. The van der Waals surface area contributed by atoms with Gasteiger partial charge in [-0.3, -0.25) is 4.79 Å². The molecule has 0 aromatic heterocycles. The maximum Gasteiger partial charge on any atom is 0.253 e. The molecule has 1 amide bonds. The van der Waals surface area contributed by atoms with Crippen LogP contribution in [0.1, 0.15) is 30.1 Å². The molecular formula is C23H29NO4. The van der Waals surface area contributed by atoms with Crippen molar-refractivity contribution in [2.24, 2.45) is 5.41 Å². The minimum atomic E-state index is -0.272. The molecule has 1 fully saturated rings. The summed E-state index contributed by atoms with van der Waals surface area (Å²) in [5.41, 5.74) is 2.36.